The fourth-order valence-electron chi connectivity index (χ4n) is 2.58. The van der Waals surface area contributed by atoms with Crippen LogP contribution in [0, 0.1) is 0 Å². The lowest BCUT2D eigenvalue weighted by atomic mass is 10.2. The highest BCUT2D eigenvalue weighted by atomic mass is 32.2. The Balaban J connectivity index is 1.55. The lowest BCUT2D eigenvalue weighted by Crippen LogP contribution is -2.15. The molecule has 0 atom stereocenters. The molecule has 0 spiro atoms. The van der Waals surface area contributed by atoms with Crippen molar-refractivity contribution < 1.29 is 14.3 Å². The molecule has 1 N–H and O–H groups in total. The van der Waals surface area contributed by atoms with Crippen molar-refractivity contribution in [1.29, 1.82) is 0 Å². The molecule has 1 fully saturated rings. The number of esters is 1. The zero-order valence-corrected chi connectivity index (χ0v) is 15.7. The maximum absolute atomic E-state index is 12.2. The zero-order valence-electron chi connectivity index (χ0n) is 14.9. The summed E-state index contributed by atoms with van der Waals surface area (Å²) in [6, 6.07) is 7.14. The maximum Gasteiger partial charge on any atom is 0.338 e. The number of nitrogens with zero attached hydrogens (tertiary/aromatic N) is 3. The second-order valence-electron chi connectivity index (χ2n) is 5.99. The smallest absolute Gasteiger partial charge is 0.338 e. The molecule has 1 aromatic carbocycles. The Hall–Kier alpha value is -2.35. The summed E-state index contributed by atoms with van der Waals surface area (Å²) in [6.07, 6.45) is 3.14. The highest BCUT2D eigenvalue weighted by Crippen LogP contribution is 2.38. The number of hydrogen-bond donors (Lipinski definition) is 1. The first-order valence-electron chi connectivity index (χ1n) is 8.76. The fraction of sp³-hybridized carbons (Fsp3) is 0.444. The van der Waals surface area contributed by atoms with Crippen LogP contribution in [0.15, 0.2) is 29.4 Å². The number of ether oxygens (including phenoxy) is 1. The van der Waals surface area contributed by atoms with Crippen molar-refractivity contribution in [1.82, 2.24) is 14.8 Å². The lowest BCUT2D eigenvalue weighted by Gasteiger charge is -2.08. The van der Waals surface area contributed by atoms with Crippen molar-refractivity contribution in [2.75, 3.05) is 17.7 Å². The van der Waals surface area contributed by atoms with Crippen LogP contribution in [-0.2, 0) is 16.0 Å². The molecule has 0 radical (unpaired) electrons. The van der Waals surface area contributed by atoms with Gasteiger partial charge >= 0.3 is 5.97 Å². The summed E-state index contributed by atoms with van der Waals surface area (Å²) in [5.74, 6) is 0.744. The Bertz CT molecular complexity index is 784. The van der Waals surface area contributed by atoms with Gasteiger partial charge in [-0.3, -0.25) is 4.79 Å². The van der Waals surface area contributed by atoms with E-state index in [0.29, 0.717) is 23.9 Å². The van der Waals surface area contributed by atoms with Crippen molar-refractivity contribution >= 4 is 29.3 Å². The molecule has 1 aliphatic rings. The second-order valence-corrected chi connectivity index (χ2v) is 6.93. The number of amides is 1. The van der Waals surface area contributed by atoms with Gasteiger partial charge in [0.05, 0.1) is 17.9 Å². The molecule has 7 nitrogen and oxygen atoms in total. The predicted octanol–water partition coefficient (Wildman–Crippen LogP) is 3.08. The average molecular weight is 374 g/mol. The minimum atomic E-state index is -0.368. The first kappa shape index (κ1) is 18.4. The Morgan fingerprint density at radius 1 is 1.23 bits per heavy atom. The van der Waals surface area contributed by atoms with Crippen LogP contribution in [0.25, 0.3) is 0 Å². The first-order chi connectivity index (χ1) is 12.6. The third-order valence-corrected chi connectivity index (χ3v) is 4.92. The van der Waals surface area contributed by atoms with E-state index in [4.69, 9.17) is 4.74 Å². The highest BCUT2D eigenvalue weighted by Gasteiger charge is 2.29. The number of nitrogens with one attached hydrogen (secondary N) is 1. The van der Waals surface area contributed by atoms with Crippen LogP contribution in [0.5, 0.6) is 0 Å². The first-order valence-corrected chi connectivity index (χ1v) is 9.74. The van der Waals surface area contributed by atoms with E-state index in [1.165, 1.54) is 11.8 Å². The van der Waals surface area contributed by atoms with Crippen molar-refractivity contribution in [3.8, 4) is 0 Å². The van der Waals surface area contributed by atoms with Crippen molar-refractivity contribution in [2.45, 2.75) is 44.3 Å². The molecule has 1 amide bonds. The Morgan fingerprint density at radius 2 is 1.96 bits per heavy atom. The normalized spacial score (nSPS) is 13.5. The number of anilines is 1. The van der Waals surface area contributed by atoms with Crippen LogP contribution in [0.1, 0.15) is 48.9 Å². The summed E-state index contributed by atoms with van der Waals surface area (Å²) >= 11 is 1.40. The van der Waals surface area contributed by atoms with Gasteiger partial charge in [-0.05, 0) is 44.0 Å². The number of aromatic nitrogens is 3. The molecule has 1 saturated carbocycles. The van der Waals surface area contributed by atoms with E-state index < -0.39 is 0 Å². The van der Waals surface area contributed by atoms with E-state index in [-0.39, 0.29) is 17.6 Å². The maximum atomic E-state index is 12.2. The summed E-state index contributed by atoms with van der Waals surface area (Å²) in [7, 11) is 0. The van der Waals surface area contributed by atoms with Gasteiger partial charge in [0.15, 0.2) is 5.16 Å². The Morgan fingerprint density at radius 3 is 2.58 bits per heavy atom. The number of benzene rings is 1. The van der Waals surface area contributed by atoms with Crippen LogP contribution in [0.3, 0.4) is 0 Å². The molecular weight excluding hydrogens is 352 g/mol. The van der Waals surface area contributed by atoms with E-state index >= 15 is 0 Å². The minimum absolute atomic E-state index is 0.123. The predicted molar refractivity (Wildman–Crippen MR) is 99.4 cm³/mol. The fourth-order valence-corrected chi connectivity index (χ4v) is 3.40. The largest absolute Gasteiger partial charge is 0.462 e. The second kappa shape index (κ2) is 8.35. The molecule has 1 heterocycles. The SMILES string of the molecule is CCOC(=O)c1ccc(NC(=O)CSc2nnc(CC)n2C2CC2)cc1. The van der Waals surface area contributed by atoms with Crippen molar-refractivity contribution in [3.63, 3.8) is 0 Å². The minimum Gasteiger partial charge on any atom is -0.462 e. The number of carbonyl (C=O) groups is 2. The molecule has 26 heavy (non-hydrogen) atoms. The molecule has 2 aromatic rings. The summed E-state index contributed by atoms with van der Waals surface area (Å²) in [4.78, 5) is 23.8. The monoisotopic (exact) mass is 374 g/mol. The zero-order chi connectivity index (χ0) is 18.5. The van der Waals surface area contributed by atoms with Gasteiger partial charge in [0.1, 0.15) is 5.82 Å². The topological polar surface area (TPSA) is 86.1 Å². The molecule has 3 rings (SSSR count). The highest BCUT2D eigenvalue weighted by molar-refractivity contribution is 7.99. The van der Waals surface area contributed by atoms with Gasteiger partial charge in [-0.15, -0.1) is 10.2 Å². The molecule has 0 saturated heterocycles. The summed E-state index contributed by atoms with van der Waals surface area (Å²) in [5.41, 5.74) is 1.10. The molecule has 0 bridgehead atoms. The van der Waals surface area contributed by atoms with Crippen LogP contribution in [0.4, 0.5) is 5.69 Å². The van der Waals surface area contributed by atoms with Crippen molar-refractivity contribution in [2.24, 2.45) is 0 Å². The van der Waals surface area contributed by atoms with Gasteiger partial charge in [-0.2, -0.15) is 0 Å². The van der Waals surface area contributed by atoms with Gasteiger partial charge in [-0.1, -0.05) is 18.7 Å². The van der Waals surface area contributed by atoms with Crippen LogP contribution in [-0.4, -0.2) is 39.0 Å². The molecule has 8 heteroatoms. The molecule has 1 aliphatic carbocycles. The number of hydrogen-bond acceptors (Lipinski definition) is 6. The van der Waals surface area contributed by atoms with Crippen LogP contribution < -0.4 is 5.32 Å². The molecular formula is C18H22N4O3S. The third kappa shape index (κ3) is 4.43. The third-order valence-electron chi connectivity index (χ3n) is 3.98. The number of aryl methyl sites for hydroxylation is 1. The molecule has 0 aliphatic heterocycles. The molecule has 138 valence electrons. The number of carbonyl (C=O) groups excluding carboxylic acids is 2. The van der Waals surface area contributed by atoms with E-state index in [1.54, 1.807) is 31.2 Å². The van der Waals surface area contributed by atoms with E-state index in [0.717, 1.165) is 30.2 Å². The lowest BCUT2D eigenvalue weighted by molar-refractivity contribution is -0.113. The summed E-state index contributed by atoms with van der Waals surface area (Å²) in [5, 5.41) is 12.1. The van der Waals surface area contributed by atoms with Crippen LogP contribution in [0.2, 0.25) is 0 Å². The summed E-state index contributed by atoms with van der Waals surface area (Å²) < 4.78 is 7.10. The van der Waals surface area contributed by atoms with Crippen LogP contribution >= 0.6 is 11.8 Å². The Labute approximate surface area is 156 Å². The average Bonchev–Trinajstić information content (AvgIpc) is 3.40. The van der Waals surface area contributed by atoms with Gasteiger partial charge in [-0.25, -0.2) is 4.79 Å². The van der Waals surface area contributed by atoms with Gasteiger partial charge in [0, 0.05) is 18.2 Å². The number of thioether (sulfide) groups is 1. The molecule has 1 aromatic heterocycles. The van der Waals surface area contributed by atoms with E-state index in [9.17, 15) is 9.59 Å². The molecule has 0 unspecified atom stereocenters. The standard InChI is InChI=1S/C18H22N4O3S/c1-3-15-20-21-18(22(15)14-9-10-14)26-11-16(23)19-13-7-5-12(6-8-13)17(24)25-4-2/h5-8,14H,3-4,9-11H2,1-2H3,(H,19,23). The van der Waals surface area contributed by atoms with Gasteiger partial charge in [0.2, 0.25) is 5.91 Å². The Kier molecular flexibility index (Phi) is 5.92. The van der Waals surface area contributed by atoms with E-state index in [1.807, 2.05) is 0 Å². The number of rotatable bonds is 8. The summed E-state index contributed by atoms with van der Waals surface area (Å²) in [6.45, 7) is 4.15. The quantitative estimate of drug-likeness (QED) is 0.564. The van der Waals surface area contributed by atoms with Gasteiger partial charge < -0.3 is 14.6 Å². The van der Waals surface area contributed by atoms with E-state index in [2.05, 4.69) is 27.0 Å². The van der Waals surface area contributed by atoms with Crippen molar-refractivity contribution in [3.05, 3.63) is 35.7 Å². The van der Waals surface area contributed by atoms with Gasteiger partial charge in [0.25, 0.3) is 0 Å².